The first-order valence-electron chi connectivity index (χ1n) is 5.34. The smallest absolute Gasteiger partial charge is 0.120 e. The van der Waals surface area contributed by atoms with Gasteiger partial charge in [-0.2, -0.15) is 0 Å². The Hall–Kier alpha value is -1.15. The van der Waals surface area contributed by atoms with Gasteiger partial charge in [-0.3, -0.25) is 0 Å². The van der Waals surface area contributed by atoms with Gasteiger partial charge in [-0.05, 0) is 11.5 Å². The molecule has 0 amide bonds. The van der Waals surface area contributed by atoms with E-state index in [0.29, 0.717) is 6.42 Å². The highest BCUT2D eigenvalue weighted by Crippen LogP contribution is 2.29. The minimum atomic E-state index is 0.0291. The molecule has 1 rings (SSSR count). The molecule has 82 valence electrons. The molecule has 0 heterocycles. The summed E-state index contributed by atoms with van der Waals surface area (Å²) in [6.45, 7) is 2.09. The van der Waals surface area contributed by atoms with E-state index >= 15 is 0 Å². The average molecular weight is 206 g/mol. The SMILES string of the molecule is CCC(CC=O)C(OC)c1ccccc1. The normalized spacial score (nSPS) is 14.5. The number of aldehydes is 1. The van der Waals surface area contributed by atoms with E-state index in [1.54, 1.807) is 7.11 Å². The zero-order chi connectivity index (χ0) is 11.1. The Kier molecular flexibility index (Phi) is 5.05. The lowest BCUT2D eigenvalue weighted by Gasteiger charge is -2.23. The maximum Gasteiger partial charge on any atom is 0.120 e. The molecular formula is C13H18O2. The molecule has 0 fully saturated rings. The van der Waals surface area contributed by atoms with Gasteiger partial charge in [-0.15, -0.1) is 0 Å². The van der Waals surface area contributed by atoms with E-state index < -0.39 is 0 Å². The minimum Gasteiger partial charge on any atom is -0.376 e. The molecule has 2 nitrogen and oxygen atoms in total. The van der Waals surface area contributed by atoms with Gasteiger partial charge in [-0.25, -0.2) is 0 Å². The van der Waals surface area contributed by atoms with Gasteiger partial charge in [-0.1, -0.05) is 43.7 Å². The molecule has 0 aromatic heterocycles. The van der Waals surface area contributed by atoms with Crippen LogP contribution in [0.1, 0.15) is 31.4 Å². The van der Waals surface area contributed by atoms with Crippen LogP contribution in [0.15, 0.2) is 30.3 Å². The summed E-state index contributed by atoms with van der Waals surface area (Å²) in [6, 6.07) is 10.1. The summed E-state index contributed by atoms with van der Waals surface area (Å²) in [6.07, 6.45) is 2.51. The lowest BCUT2D eigenvalue weighted by molar-refractivity contribution is -0.109. The predicted molar refractivity (Wildman–Crippen MR) is 60.7 cm³/mol. The average Bonchev–Trinajstić information content (AvgIpc) is 2.30. The summed E-state index contributed by atoms with van der Waals surface area (Å²) in [5, 5.41) is 0. The van der Waals surface area contributed by atoms with E-state index in [0.717, 1.165) is 18.3 Å². The molecule has 0 N–H and O–H groups in total. The van der Waals surface area contributed by atoms with Crippen LogP contribution in [0.4, 0.5) is 0 Å². The third-order valence-corrected chi connectivity index (χ3v) is 2.73. The van der Waals surface area contributed by atoms with Crippen molar-refractivity contribution < 1.29 is 9.53 Å². The number of hydrogen-bond acceptors (Lipinski definition) is 2. The Bertz CT molecular complexity index is 282. The van der Waals surface area contributed by atoms with Gasteiger partial charge in [0.1, 0.15) is 6.29 Å². The first-order chi connectivity index (χ1) is 7.33. The van der Waals surface area contributed by atoms with Crippen LogP contribution in [0.5, 0.6) is 0 Å². The molecule has 1 aromatic carbocycles. The van der Waals surface area contributed by atoms with Crippen LogP contribution in [0.2, 0.25) is 0 Å². The van der Waals surface area contributed by atoms with Crippen molar-refractivity contribution in [3.63, 3.8) is 0 Å². The molecule has 0 bridgehead atoms. The summed E-state index contributed by atoms with van der Waals surface area (Å²) >= 11 is 0. The first-order valence-corrected chi connectivity index (χ1v) is 5.34. The van der Waals surface area contributed by atoms with Crippen LogP contribution in [0.25, 0.3) is 0 Å². The van der Waals surface area contributed by atoms with E-state index in [1.807, 2.05) is 30.3 Å². The number of benzene rings is 1. The standard InChI is InChI=1S/C13H18O2/c1-3-11(9-10-14)13(15-2)12-7-5-4-6-8-12/h4-8,10-11,13H,3,9H2,1-2H3. The summed E-state index contributed by atoms with van der Waals surface area (Å²) < 4.78 is 5.48. The van der Waals surface area contributed by atoms with Crippen molar-refractivity contribution in [1.82, 2.24) is 0 Å². The van der Waals surface area contributed by atoms with Crippen molar-refractivity contribution >= 4 is 6.29 Å². The molecule has 2 atom stereocenters. The molecule has 0 saturated heterocycles. The molecule has 2 unspecified atom stereocenters. The maximum absolute atomic E-state index is 10.6. The van der Waals surface area contributed by atoms with Crippen LogP contribution < -0.4 is 0 Å². The molecule has 1 aromatic rings. The number of carbonyl (C=O) groups is 1. The molecule has 15 heavy (non-hydrogen) atoms. The second-order valence-electron chi connectivity index (χ2n) is 3.64. The molecule has 2 heteroatoms. The van der Waals surface area contributed by atoms with E-state index in [1.165, 1.54) is 0 Å². The highest BCUT2D eigenvalue weighted by molar-refractivity contribution is 5.50. The predicted octanol–water partition coefficient (Wildman–Crippen LogP) is 2.99. The topological polar surface area (TPSA) is 26.3 Å². The quantitative estimate of drug-likeness (QED) is 0.669. The number of hydrogen-bond donors (Lipinski definition) is 0. The van der Waals surface area contributed by atoms with Crippen LogP contribution >= 0.6 is 0 Å². The second-order valence-corrected chi connectivity index (χ2v) is 3.64. The Morgan fingerprint density at radius 1 is 1.33 bits per heavy atom. The minimum absolute atomic E-state index is 0.0291. The van der Waals surface area contributed by atoms with Gasteiger partial charge in [0.15, 0.2) is 0 Å². The first kappa shape index (κ1) is 11.9. The fourth-order valence-corrected chi connectivity index (χ4v) is 1.87. The van der Waals surface area contributed by atoms with E-state index in [4.69, 9.17) is 4.74 Å². The van der Waals surface area contributed by atoms with Crippen molar-refractivity contribution in [2.75, 3.05) is 7.11 Å². The van der Waals surface area contributed by atoms with Gasteiger partial charge in [0, 0.05) is 13.5 Å². The number of rotatable bonds is 6. The summed E-state index contributed by atoms with van der Waals surface area (Å²) in [5.74, 6) is 0.273. The zero-order valence-electron chi connectivity index (χ0n) is 9.35. The molecular weight excluding hydrogens is 188 g/mol. The summed E-state index contributed by atoms with van der Waals surface area (Å²) in [4.78, 5) is 10.6. The number of ether oxygens (including phenoxy) is 1. The highest BCUT2D eigenvalue weighted by Gasteiger charge is 2.20. The number of carbonyl (C=O) groups excluding carboxylic acids is 1. The van der Waals surface area contributed by atoms with Crippen LogP contribution in [0, 0.1) is 5.92 Å². The Labute approximate surface area is 91.3 Å². The Balaban J connectivity index is 2.82. The summed E-state index contributed by atoms with van der Waals surface area (Å²) in [5.41, 5.74) is 1.15. The molecule has 0 saturated carbocycles. The largest absolute Gasteiger partial charge is 0.376 e. The molecule has 0 aliphatic heterocycles. The van der Waals surface area contributed by atoms with Crippen LogP contribution in [0.3, 0.4) is 0 Å². The van der Waals surface area contributed by atoms with Crippen molar-refractivity contribution in [1.29, 1.82) is 0 Å². The van der Waals surface area contributed by atoms with Gasteiger partial charge in [0.2, 0.25) is 0 Å². The van der Waals surface area contributed by atoms with Gasteiger partial charge >= 0.3 is 0 Å². The van der Waals surface area contributed by atoms with E-state index in [9.17, 15) is 4.79 Å². The second kappa shape index (κ2) is 6.36. The molecule has 0 spiro atoms. The summed E-state index contributed by atoms with van der Waals surface area (Å²) in [7, 11) is 1.70. The maximum atomic E-state index is 10.6. The molecule has 0 radical (unpaired) electrons. The van der Waals surface area contributed by atoms with Crippen molar-refractivity contribution in [3.05, 3.63) is 35.9 Å². The third-order valence-electron chi connectivity index (χ3n) is 2.73. The fraction of sp³-hybridized carbons (Fsp3) is 0.462. The van der Waals surface area contributed by atoms with Gasteiger partial charge in [0.05, 0.1) is 6.10 Å². The lowest BCUT2D eigenvalue weighted by Crippen LogP contribution is -2.14. The van der Waals surface area contributed by atoms with Crippen LogP contribution in [-0.2, 0) is 9.53 Å². The highest BCUT2D eigenvalue weighted by atomic mass is 16.5. The lowest BCUT2D eigenvalue weighted by atomic mass is 9.91. The van der Waals surface area contributed by atoms with E-state index in [2.05, 4.69) is 6.92 Å². The van der Waals surface area contributed by atoms with Gasteiger partial charge in [0.25, 0.3) is 0 Å². The zero-order valence-corrected chi connectivity index (χ0v) is 9.35. The van der Waals surface area contributed by atoms with Crippen LogP contribution in [-0.4, -0.2) is 13.4 Å². The van der Waals surface area contributed by atoms with E-state index in [-0.39, 0.29) is 12.0 Å². The molecule has 0 aliphatic carbocycles. The molecule has 0 aliphatic rings. The third kappa shape index (κ3) is 3.17. The van der Waals surface area contributed by atoms with Crippen molar-refractivity contribution in [2.24, 2.45) is 5.92 Å². The monoisotopic (exact) mass is 206 g/mol. The van der Waals surface area contributed by atoms with Gasteiger partial charge < -0.3 is 9.53 Å². The Morgan fingerprint density at radius 3 is 2.47 bits per heavy atom. The Morgan fingerprint density at radius 2 is 2.00 bits per heavy atom. The number of methoxy groups -OCH3 is 1. The fourth-order valence-electron chi connectivity index (χ4n) is 1.87. The van der Waals surface area contributed by atoms with Crippen molar-refractivity contribution in [2.45, 2.75) is 25.9 Å². The van der Waals surface area contributed by atoms with Crippen molar-refractivity contribution in [3.8, 4) is 0 Å².